The molecule has 1 aromatic rings. The van der Waals surface area contributed by atoms with Gasteiger partial charge in [-0.1, -0.05) is 0 Å². The number of amides is 2. The maximum atomic E-state index is 13.1. The van der Waals surface area contributed by atoms with Gasteiger partial charge in [0.1, 0.15) is 11.9 Å². The molecule has 1 heterocycles. The molecule has 1 atom stereocenters. The molecule has 1 saturated heterocycles. The van der Waals surface area contributed by atoms with Gasteiger partial charge in [0.2, 0.25) is 5.91 Å². The molecule has 112 valence electrons. The zero-order chi connectivity index (χ0) is 15.0. The third-order valence-electron chi connectivity index (χ3n) is 3.98. The summed E-state index contributed by atoms with van der Waals surface area (Å²) in [4.78, 5) is 26.3. The van der Waals surface area contributed by atoms with Crippen molar-refractivity contribution in [2.75, 3.05) is 12.3 Å². The van der Waals surface area contributed by atoms with Crippen molar-refractivity contribution in [3.8, 4) is 0 Å². The van der Waals surface area contributed by atoms with E-state index in [9.17, 15) is 14.0 Å². The number of halogens is 1. The first-order chi connectivity index (χ1) is 10.1. The van der Waals surface area contributed by atoms with Crippen LogP contribution in [0.4, 0.5) is 10.1 Å². The number of nitrogen functional groups attached to an aromatic ring is 1. The smallest absolute Gasteiger partial charge is 0.256 e. The fourth-order valence-electron chi connectivity index (χ4n) is 2.69. The van der Waals surface area contributed by atoms with Gasteiger partial charge in [0, 0.05) is 18.3 Å². The van der Waals surface area contributed by atoms with Crippen molar-refractivity contribution >= 4 is 17.5 Å². The van der Waals surface area contributed by atoms with Crippen LogP contribution >= 0.6 is 0 Å². The van der Waals surface area contributed by atoms with Gasteiger partial charge in [-0.05, 0) is 43.9 Å². The molecule has 3 rings (SSSR count). The Hall–Kier alpha value is -2.11. The largest absolute Gasteiger partial charge is 0.398 e. The van der Waals surface area contributed by atoms with Gasteiger partial charge in [-0.25, -0.2) is 4.39 Å². The highest BCUT2D eigenvalue weighted by molar-refractivity contribution is 6.01. The lowest BCUT2D eigenvalue weighted by Crippen LogP contribution is -2.46. The Bertz CT molecular complexity index is 586. The Kier molecular flexibility index (Phi) is 3.53. The Labute approximate surface area is 122 Å². The highest BCUT2D eigenvalue weighted by atomic mass is 19.1. The molecule has 21 heavy (non-hydrogen) atoms. The fraction of sp³-hybridized carbons (Fsp3) is 0.467. The minimum Gasteiger partial charge on any atom is -0.398 e. The van der Waals surface area contributed by atoms with Crippen LogP contribution in [-0.4, -0.2) is 35.3 Å². The molecular formula is C15H18FN3O2. The Balaban J connectivity index is 1.77. The lowest BCUT2D eigenvalue weighted by molar-refractivity contribution is -0.125. The van der Waals surface area contributed by atoms with Crippen LogP contribution in [0.2, 0.25) is 0 Å². The van der Waals surface area contributed by atoms with Crippen molar-refractivity contribution in [1.29, 1.82) is 0 Å². The molecule has 0 bridgehead atoms. The van der Waals surface area contributed by atoms with Crippen molar-refractivity contribution in [3.05, 3.63) is 29.6 Å². The molecule has 1 aliphatic carbocycles. The lowest BCUT2D eigenvalue weighted by atomic mass is 10.1. The van der Waals surface area contributed by atoms with E-state index in [-0.39, 0.29) is 29.1 Å². The molecule has 2 fully saturated rings. The van der Waals surface area contributed by atoms with Crippen molar-refractivity contribution in [2.24, 2.45) is 0 Å². The molecule has 0 spiro atoms. The Morgan fingerprint density at radius 2 is 2.05 bits per heavy atom. The molecular weight excluding hydrogens is 273 g/mol. The predicted molar refractivity (Wildman–Crippen MR) is 76.0 cm³/mol. The predicted octanol–water partition coefficient (Wildman–Crippen LogP) is 1.29. The number of carbonyl (C=O) groups excluding carboxylic acids is 2. The van der Waals surface area contributed by atoms with Crippen LogP contribution in [-0.2, 0) is 4.79 Å². The van der Waals surface area contributed by atoms with Crippen LogP contribution in [0.5, 0.6) is 0 Å². The molecule has 1 saturated carbocycles. The van der Waals surface area contributed by atoms with Crippen LogP contribution in [0.1, 0.15) is 36.0 Å². The molecule has 1 unspecified atom stereocenters. The number of rotatable bonds is 3. The average molecular weight is 291 g/mol. The minimum absolute atomic E-state index is 0.0935. The van der Waals surface area contributed by atoms with Crippen LogP contribution in [0, 0.1) is 5.82 Å². The van der Waals surface area contributed by atoms with E-state index in [0.717, 1.165) is 25.3 Å². The third-order valence-corrected chi connectivity index (χ3v) is 3.98. The highest BCUT2D eigenvalue weighted by Gasteiger charge is 2.37. The Morgan fingerprint density at radius 3 is 2.71 bits per heavy atom. The van der Waals surface area contributed by atoms with E-state index in [1.54, 1.807) is 4.90 Å². The fourth-order valence-corrected chi connectivity index (χ4v) is 2.69. The molecule has 0 radical (unpaired) electrons. The van der Waals surface area contributed by atoms with Crippen molar-refractivity contribution in [2.45, 2.75) is 37.8 Å². The third kappa shape index (κ3) is 2.84. The number of hydrogen-bond acceptors (Lipinski definition) is 3. The minimum atomic E-state index is -0.478. The van der Waals surface area contributed by atoms with Gasteiger partial charge in [-0.15, -0.1) is 0 Å². The summed E-state index contributed by atoms with van der Waals surface area (Å²) >= 11 is 0. The van der Waals surface area contributed by atoms with Crippen LogP contribution < -0.4 is 11.1 Å². The second-order valence-corrected chi connectivity index (χ2v) is 5.67. The first-order valence-electron chi connectivity index (χ1n) is 7.22. The number of benzene rings is 1. The summed E-state index contributed by atoms with van der Waals surface area (Å²) < 4.78 is 13.1. The first-order valence-corrected chi connectivity index (χ1v) is 7.22. The number of nitrogens with one attached hydrogen (secondary N) is 1. The number of hydrogen-bond donors (Lipinski definition) is 2. The van der Waals surface area contributed by atoms with Gasteiger partial charge in [-0.3, -0.25) is 9.59 Å². The summed E-state index contributed by atoms with van der Waals surface area (Å²) in [5, 5.41) is 2.93. The summed E-state index contributed by atoms with van der Waals surface area (Å²) in [5.74, 6) is -0.876. The quantitative estimate of drug-likeness (QED) is 0.824. The average Bonchev–Trinajstić information content (AvgIpc) is 3.11. The second-order valence-electron chi connectivity index (χ2n) is 5.67. The maximum Gasteiger partial charge on any atom is 0.256 e. The Morgan fingerprint density at radius 1 is 1.29 bits per heavy atom. The zero-order valence-corrected chi connectivity index (χ0v) is 11.6. The number of anilines is 1. The molecule has 2 aliphatic rings. The van der Waals surface area contributed by atoms with E-state index >= 15 is 0 Å². The summed E-state index contributed by atoms with van der Waals surface area (Å²) in [5.41, 5.74) is 6.07. The summed E-state index contributed by atoms with van der Waals surface area (Å²) in [6, 6.07) is 3.54. The molecule has 6 heteroatoms. The van der Waals surface area contributed by atoms with Crippen molar-refractivity contribution in [3.63, 3.8) is 0 Å². The van der Waals surface area contributed by atoms with Gasteiger partial charge in [0.25, 0.3) is 5.91 Å². The zero-order valence-electron chi connectivity index (χ0n) is 11.6. The number of nitrogens with two attached hydrogens (primary N) is 1. The van der Waals surface area contributed by atoms with E-state index in [4.69, 9.17) is 5.73 Å². The van der Waals surface area contributed by atoms with Crippen molar-refractivity contribution in [1.82, 2.24) is 10.2 Å². The molecule has 3 N–H and O–H groups in total. The van der Waals surface area contributed by atoms with E-state index in [2.05, 4.69) is 5.32 Å². The second kappa shape index (κ2) is 5.35. The monoisotopic (exact) mass is 291 g/mol. The molecule has 1 aromatic carbocycles. The van der Waals surface area contributed by atoms with E-state index in [1.807, 2.05) is 0 Å². The van der Waals surface area contributed by atoms with Gasteiger partial charge in [0.15, 0.2) is 0 Å². The number of nitrogens with zero attached hydrogens (tertiary/aromatic N) is 1. The first kappa shape index (κ1) is 13.9. The molecule has 0 aromatic heterocycles. The molecule has 2 amide bonds. The summed E-state index contributed by atoms with van der Waals surface area (Å²) in [7, 11) is 0. The summed E-state index contributed by atoms with van der Waals surface area (Å²) in [6.45, 7) is 0.526. The molecule has 5 nitrogen and oxygen atoms in total. The van der Waals surface area contributed by atoms with Crippen LogP contribution in [0.25, 0.3) is 0 Å². The van der Waals surface area contributed by atoms with Gasteiger partial charge < -0.3 is 16.0 Å². The maximum absolute atomic E-state index is 13.1. The highest BCUT2D eigenvalue weighted by Crippen LogP contribution is 2.25. The van der Waals surface area contributed by atoms with Crippen LogP contribution in [0.15, 0.2) is 18.2 Å². The van der Waals surface area contributed by atoms with Gasteiger partial charge >= 0.3 is 0 Å². The van der Waals surface area contributed by atoms with E-state index in [0.29, 0.717) is 13.0 Å². The van der Waals surface area contributed by atoms with Gasteiger partial charge in [-0.2, -0.15) is 0 Å². The molecule has 1 aliphatic heterocycles. The summed E-state index contributed by atoms with van der Waals surface area (Å²) in [6.07, 6.45) is 3.47. The SMILES string of the molecule is Nc1cc(F)ccc1C(=O)N1CCCC1C(=O)NC1CC1. The van der Waals surface area contributed by atoms with Gasteiger partial charge in [0.05, 0.1) is 5.56 Å². The standard InChI is InChI=1S/C15H18FN3O2/c16-9-3-6-11(12(17)8-9)15(21)19-7-1-2-13(19)14(20)18-10-4-5-10/h3,6,8,10,13H,1-2,4-5,7,17H2,(H,18,20). The van der Waals surface area contributed by atoms with E-state index < -0.39 is 11.9 Å². The normalized spacial score (nSPS) is 21.4. The van der Waals surface area contributed by atoms with Crippen LogP contribution in [0.3, 0.4) is 0 Å². The topological polar surface area (TPSA) is 75.4 Å². The van der Waals surface area contributed by atoms with E-state index in [1.165, 1.54) is 12.1 Å². The number of carbonyl (C=O) groups is 2. The van der Waals surface area contributed by atoms with Crippen molar-refractivity contribution < 1.29 is 14.0 Å². The lowest BCUT2D eigenvalue weighted by Gasteiger charge is -2.24. The number of likely N-dealkylation sites (tertiary alicyclic amines) is 1.